The lowest BCUT2D eigenvalue weighted by atomic mass is 9.91. The Morgan fingerprint density at radius 2 is 2.00 bits per heavy atom. The normalized spacial score (nSPS) is 18.2. The number of fused-ring (bicyclic) bond motifs is 1. The van der Waals surface area contributed by atoms with E-state index in [-0.39, 0.29) is 11.9 Å². The summed E-state index contributed by atoms with van der Waals surface area (Å²) in [5, 5.41) is 18.8. The van der Waals surface area contributed by atoms with Crippen molar-refractivity contribution in [3.05, 3.63) is 77.2 Å². The number of nitrogens with zero attached hydrogens (tertiary/aromatic N) is 4. The van der Waals surface area contributed by atoms with Crippen LogP contribution in [0.15, 0.2) is 55.0 Å². The molecule has 2 atom stereocenters. The zero-order valence-electron chi connectivity index (χ0n) is 19.5. The first-order valence-corrected chi connectivity index (χ1v) is 11.8. The van der Waals surface area contributed by atoms with Crippen LogP contribution in [-0.4, -0.2) is 42.9 Å². The van der Waals surface area contributed by atoms with Gasteiger partial charge in [0.05, 0.1) is 28.9 Å². The number of pyridine rings is 2. The van der Waals surface area contributed by atoms with E-state index in [1.807, 2.05) is 49.8 Å². The number of aryl methyl sites for hydroxylation is 2. The molecule has 0 bridgehead atoms. The third-order valence-electron chi connectivity index (χ3n) is 6.75. The number of hydrogen-bond acceptors (Lipinski definition) is 5. The highest BCUT2D eigenvalue weighted by Gasteiger charge is 2.26. The Hall–Kier alpha value is -3.58. The molecule has 4 aromatic rings. The van der Waals surface area contributed by atoms with Gasteiger partial charge in [0.1, 0.15) is 5.69 Å². The van der Waals surface area contributed by atoms with Crippen molar-refractivity contribution >= 4 is 16.8 Å². The minimum Gasteiger partial charge on any atom is -0.391 e. The van der Waals surface area contributed by atoms with Gasteiger partial charge in [-0.25, -0.2) is 0 Å². The number of rotatable bonds is 5. The number of hydrogen-bond donors (Lipinski definition) is 2. The molecule has 34 heavy (non-hydrogen) atoms. The predicted octanol–water partition coefficient (Wildman–Crippen LogP) is 3.96. The topological polar surface area (TPSA) is 92.9 Å². The second kappa shape index (κ2) is 9.35. The molecule has 1 aliphatic carbocycles. The summed E-state index contributed by atoms with van der Waals surface area (Å²) in [4.78, 5) is 22.4. The number of aliphatic hydroxyl groups is 1. The monoisotopic (exact) mass is 455 g/mol. The van der Waals surface area contributed by atoms with Gasteiger partial charge in [0.2, 0.25) is 0 Å². The van der Waals surface area contributed by atoms with Crippen LogP contribution in [0.4, 0.5) is 0 Å². The van der Waals surface area contributed by atoms with Crippen LogP contribution < -0.4 is 5.32 Å². The number of nitrogens with one attached hydrogen (secondary N) is 1. The second-order valence-corrected chi connectivity index (χ2v) is 9.14. The summed E-state index contributed by atoms with van der Waals surface area (Å²) >= 11 is 0. The van der Waals surface area contributed by atoms with Crippen LogP contribution in [0, 0.1) is 6.92 Å². The highest BCUT2D eigenvalue weighted by Crippen LogP contribution is 2.27. The molecule has 0 unspecified atom stereocenters. The van der Waals surface area contributed by atoms with E-state index in [1.165, 1.54) is 0 Å². The third kappa shape index (κ3) is 4.43. The Bertz CT molecular complexity index is 1330. The first kappa shape index (κ1) is 22.2. The van der Waals surface area contributed by atoms with E-state index < -0.39 is 6.10 Å². The SMILES string of the molecule is Cc1c(Cc2ccc(-c3ccn(C)n3)nc2)cc(C(=O)N[C@H]2CCCC[C@@H]2O)c2ncccc12. The Morgan fingerprint density at radius 3 is 2.74 bits per heavy atom. The van der Waals surface area contributed by atoms with Gasteiger partial charge in [-0.15, -0.1) is 0 Å². The van der Waals surface area contributed by atoms with Crippen molar-refractivity contribution in [3.8, 4) is 11.4 Å². The van der Waals surface area contributed by atoms with Crippen molar-refractivity contribution in [3.63, 3.8) is 0 Å². The molecule has 2 N–H and O–H groups in total. The minimum atomic E-state index is -0.495. The van der Waals surface area contributed by atoms with Crippen molar-refractivity contribution < 1.29 is 9.90 Å². The van der Waals surface area contributed by atoms with Gasteiger partial charge < -0.3 is 10.4 Å². The predicted molar refractivity (Wildman–Crippen MR) is 131 cm³/mol. The molecule has 1 aliphatic rings. The maximum atomic E-state index is 13.3. The van der Waals surface area contributed by atoms with Crippen LogP contribution in [0.5, 0.6) is 0 Å². The largest absolute Gasteiger partial charge is 0.391 e. The zero-order valence-corrected chi connectivity index (χ0v) is 19.5. The smallest absolute Gasteiger partial charge is 0.253 e. The lowest BCUT2D eigenvalue weighted by molar-refractivity contribution is 0.0718. The van der Waals surface area contributed by atoms with Crippen molar-refractivity contribution in [2.45, 2.75) is 51.2 Å². The zero-order chi connectivity index (χ0) is 23.7. The van der Waals surface area contributed by atoms with Gasteiger partial charge in [-0.1, -0.05) is 25.0 Å². The molecule has 1 aromatic carbocycles. The first-order valence-electron chi connectivity index (χ1n) is 11.8. The fourth-order valence-corrected chi connectivity index (χ4v) is 4.78. The molecule has 174 valence electrons. The summed E-state index contributed by atoms with van der Waals surface area (Å²) in [6.07, 6.45) is 9.18. The Balaban J connectivity index is 1.45. The van der Waals surface area contributed by atoms with Crippen molar-refractivity contribution in [1.82, 2.24) is 25.1 Å². The average molecular weight is 456 g/mol. The molecule has 3 aromatic heterocycles. The van der Waals surface area contributed by atoms with E-state index in [0.717, 1.165) is 59.1 Å². The molecule has 1 amide bonds. The summed E-state index contributed by atoms with van der Waals surface area (Å²) in [7, 11) is 1.89. The highest BCUT2D eigenvalue weighted by molar-refractivity contribution is 6.06. The summed E-state index contributed by atoms with van der Waals surface area (Å²) in [5.41, 5.74) is 6.12. The molecule has 1 saturated carbocycles. The fourth-order valence-electron chi connectivity index (χ4n) is 4.78. The maximum Gasteiger partial charge on any atom is 0.253 e. The molecule has 7 heteroatoms. The number of carbonyl (C=O) groups excluding carboxylic acids is 1. The summed E-state index contributed by atoms with van der Waals surface area (Å²) in [6.45, 7) is 2.07. The molecule has 0 aliphatic heterocycles. The number of benzene rings is 1. The van der Waals surface area contributed by atoms with Gasteiger partial charge in [-0.2, -0.15) is 5.10 Å². The summed E-state index contributed by atoms with van der Waals surface area (Å²) < 4.78 is 1.76. The lowest BCUT2D eigenvalue weighted by Gasteiger charge is -2.28. The van der Waals surface area contributed by atoms with Gasteiger partial charge in [-0.3, -0.25) is 19.4 Å². The van der Waals surface area contributed by atoms with Crippen LogP contribution >= 0.6 is 0 Å². The molecule has 3 heterocycles. The molecule has 0 spiro atoms. The van der Waals surface area contributed by atoms with E-state index >= 15 is 0 Å². The third-order valence-corrected chi connectivity index (χ3v) is 6.75. The molecule has 0 radical (unpaired) electrons. The maximum absolute atomic E-state index is 13.3. The minimum absolute atomic E-state index is 0.181. The van der Waals surface area contributed by atoms with Gasteiger partial charge in [-0.05, 0) is 67.1 Å². The molecule has 1 fully saturated rings. The summed E-state index contributed by atoms with van der Waals surface area (Å²) in [5.74, 6) is -0.181. The van der Waals surface area contributed by atoms with Crippen LogP contribution in [0.1, 0.15) is 52.7 Å². The average Bonchev–Trinajstić information content (AvgIpc) is 3.29. The number of aromatic nitrogens is 4. The number of aliphatic hydroxyl groups excluding tert-OH is 1. The number of carbonyl (C=O) groups is 1. The van der Waals surface area contributed by atoms with Crippen molar-refractivity contribution in [2.24, 2.45) is 7.05 Å². The van der Waals surface area contributed by atoms with Crippen molar-refractivity contribution in [2.75, 3.05) is 0 Å². The van der Waals surface area contributed by atoms with Gasteiger partial charge in [0, 0.05) is 31.0 Å². The van der Waals surface area contributed by atoms with Crippen LogP contribution in [0.25, 0.3) is 22.3 Å². The van der Waals surface area contributed by atoms with Crippen molar-refractivity contribution in [1.29, 1.82) is 0 Å². The lowest BCUT2D eigenvalue weighted by Crippen LogP contribution is -2.45. The Morgan fingerprint density at radius 1 is 1.15 bits per heavy atom. The van der Waals surface area contributed by atoms with Crippen LogP contribution in [0.3, 0.4) is 0 Å². The fraction of sp³-hybridized carbons (Fsp3) is 0.333. The molecular weight excluding hydrogens is 426 g/mol. The molecule has 5 rings (SSSR count). The summed E-state index contributed by atoms with van der Waals surface area (Å²) in [6, 6.07) is 11.6. The van der Waals surface area contributed by atoms with E-state index in [9.17, 15) is 9.90 Å². The highest BCUT2D eigenvalue weighted by atomic mass is 16.3. The molecule has 7 nitrogen and oxygen atoms in total. The number of amides is 1. The van der Waals surface area contributed by atoms with Gasteiger partial charge >= 0.3 is 0 Å². The standard InChI is InChI=1S/C27H29N5O2/c1-17-19(14-18-9-10-22(29-16-18)23-11-13-32(2)31-23)15-21(26-20(17)6-5-12-28-26)27(34)30-24-7-3-4-8-25(24)33/h5-6,9-13,15-16,24-25,33H,3-4,7-8,14H2,1-2H3,(H,30,34)/t24-,25-/m0/s1. The van der Waals surface area contributed by atoms with E-state index in [1.54, 1.807) is 10.9 Å². The molecule has 0 saturated heterocycles. The van der Waals surface area contributed by atoms with E-state index in [0.29, 0.717) is 17.5 Å². The van der Waals surface area contributed by atoms with Gasteiger partial charge in [0.15, 0.2) is 0 Å². The molecular formula is C27H29N5O2. The van der Waals surface area contributed by atoms with Crippen LogP contribution in [0.2, 0.25) is 0 Å². The quantitative estimate of drug-likeness (QED) is 0.475. The van der Waals surface area contributed by atoms with Crippen LogP contribution in [-0.2, 0) is 13.5 Å². The Labute approximate surface area is 198 Å². The van der Waals surface area contributed by atoms with Gasteiger partial charge in [0.25, 0.3) is 5.91 Å². The Kier molecular flexibility index (Phi) is 6.11. The first-order chi connectivity index (χ1) is 16.5. The second-order valence-electron chi connectivity index (χ2n) is 9.14. The van der Waals surface area contributed by atoms with E-state index in [4.69, 9.17) is 0 Å². The van der Waals surface area contributed by atoms with E-state index in [2.05, 4.69) is 33.4 Å².